The van der Waals surface area contributed by atoms with Crippen molar-refractivity contribution in [3.8, 4) is 0 Å². The fraction of sp³-hybridized carbons (Fsp3) is 0.769. The summed E-state index contributed by atoms with van der Waals surface area (Å²) in [7, 11) is 0. The van der Waals surface area contributed by atoms with Crippen LogP contribution in [-0.4, -0.2) is 29.1 Å². The highest BCUT2D eigenvalue weighted by molar-refractivity contribution is 5.94. The van der Waals surface area contributed by atoms with Crippen molar-refractivity contribution in [2.45, 2.75) is 57.9 Å². The van der Waals surface area contributed by atoms with Gasteiger partial charge in [-0.05, 0) is 38.5 Å². The SMILES string of the molecule is CC(NC(=O)NC(=O)CCCCC(=O)O)C1CCC1. The molecule has 0 aromatic carbocycles. The van der Waals surface area contributed by atoms with Crippen LogP contribution in [0.4, 0.5) is 4.79 Å². The molecule has 6 heteroatoms. The van der Waals surface area contributed by atoms with E-state index in [1.54, 1.807) is 0 Å². The van der Waals surface area contributed by atoms with Crippen LogP contribution >= 0.6 is 0 Å². The van der Waals surface area contributed by atoms with E-state index in [2.05, 4.69) is 10.6 Å². The van der Waals surface area contributed by atoms with E-state index in [9.17, 15) is 14.4 Å². The molecule has 0 spiro atoms. The van der Waals surface area contributed by atoms with Crippen LogP contribution < -0.4 is 10.6 Å². The zero-order chi connectivity index (χ0) is 14.3. The Bertz CT molecular complexity index is 340. The Labute approximate surface area is 112 Å². The molecule has 0 saturated heterocycles. The lowest BCUT2D eigenvalue weighted by Gasteiger charge is -2.31. The van der Waals surface area contributed by atoms with Crippen molar-refractivity contribution in [3.05, 3.63) is 0 Å². The number of imide groups is 1. The summed E-state index contributed by atoms with van der Waals surface area (Å²) in [5, 5.41) is 13.5. The van der Waals surface area contributed by atoms with Crippen LogP contribution in [0.15, 0.2) is 0 Å². The number of unbranched alkanes of at least 4 members (excludes halogenated alkanes) is 1. The van der Waals surface area contributed by atoms with Crippen molar-refractivity contribution in [2.75, 3.05) is 0 Å². The second-order valence-corrected chi connectivity index (χ2v) is 5.10. The number of carboxylic acids is 1. The largest absolute Gasteiger partial charge is 0.481 e. The molecule has 1 saturated carbocycles. The van der Waals surface area contributed by atoms with Gasteiger partial charge >= 0.3 is 12.0 Å². The van der Waals surface area contributed by atoms with E-state index in [-0.39, 0.29) is 24.8 Å². The molecule has 1 fully saturated rings. The van der Waals surface area contributed by atoms with Crippen LogP contribution in [0.1, 0.15) is 51.9 Å². The number of rotatable bonds is 7. The van der Waals surface area contributed by atoms with Gasteiger partial charge in [0.25, 0.3) is 0 Å². The lowest BCUT2D eigenvalue weighted by Crippen LogP contribution is -2.47. The summed E-state index contributed by atoms with van der Waals surface area (Å²) >= 11 is 0. The monoisotopic (exact) mass is 270 g/mol. The number of nitrogens with one attached hydrogen (secondary N) is 2. The molecule has 1 rings (SSSR count). The molecular weight excluding hydrogens is 248 g/mol. The first kappa shape index (κ1) is 15.5. The zero-order valence-electron chi connectivity index (χ0n) is 11.3. The Morgan fingerprint density at radius 1 is 1.21 bits per heavy atom. The van der Waals surface area contributed by atoms with Gasteiger partial charge in [-0.3, -0.25) is 14.9 Å². The summed E-state index contributed by atoms with van der Waals surface area (Å²) in [6, 6.07) is -0.365. The minimum atomic E-state index is -0.868. The van der Waals surface area contributed by atoms with Gasteiger partial charge in [0.1, 0.15) is 0 Å². The minimum absolute atomic E-state index is 0.0538. The maximum Gasteiger partial charge on any atom is 0.321 e. The van der Waals surface area contributed by atoms with Gasteiger partial charge in [0.15, 0.2) is 0 Å². The average Bonchev–Trinajstić information content (AvgIpc) is 2.21. The predicted octanol–water partition coefficient (Wildman–Crippen LogP) is 1.65. The van der Waals surface area contributed by atoms with Gasteiger partial charge in [0.2, 0.25) is 5.91 Å². The van der Waals surface area contributed by atoms with Crippen molar-refractivity contribution in [1.82, 2.24) is 10.6 Å². The minimum Gasteiger partial charge on any atom is -0.481 e. The highest BCUT2D eigenvalue weighted by atomic mass is 16.4. The molecule has 0 aromatic rings. The molecule has 1 unspecified atom stereocenters. The second-order valence-electron chi connectivity index (χ2n) is 5.10. The summed E-state index contributed by atoms with van der Waals surface area (Å²) in [5.41, 5.74) is 0. The molecule has 3 N–H and O–H groups in total. The van der Waals surface area contributed by atoms with Crippen molar-refractivity contribution >= 4 is 17.9 Å². The number of hydrogen-bond donors (Lipinski definition) is 3. The molecule has 108 valence electrons. The first-order valence-electron chi connectivity index (χ1n) is 6.81. The van der Waals surface area contributed by atoms with Crippen molar-refractivity contribution in [3.63, 3.8) is 0 Å². The van der Waals surface area contributed by atoms with Crippen LogP contribution in [0.3, 0.4) is 0 Å². The fourth-order valence-corrected chi connectivity index (χ4v) is 2.05. The van der Waals surface area contributed by atoms with Crippen LogP contribution in [0, 0.1) is 5.92 Å². The number of carbonyl (C=O) groups excluding carboxylic acids is 2. The topological polar surface area (TPSA) is 95.5 Å². The number of amides is 3. The summed E-state index contributed by atoms with van der Waals surface area (Å²) in [5.74, 6) is -0.701. The predicted molar refractivity (Wildman–Crippen MR) is 69.6 cm³/mol. The number of urea groups is 1. The van der Waals surface area contributed by atoms with Crippen molar-refractivity contribution in [2.24, 2.45) is 5.92 Å². The zero-order valence-corrected chi connectivity index (χ0v) is 11.3. The highest BCUT2D eigenvalue weighted by Crippen LogP contribution is 2.29. The van der Waals surface area contributed by atoms with E-state index in [0.717, 1.165) is 12.8 Å². The number of aliphatic carboxylic acids is 1. The highest BCUT2D eigenvalue weighted by Gasteiger charge is 2.25. The van der Waals surface area contributed by atoms with Crippen LogP contribution in [0.25, 0.3) is 0 Å². The summed E-state index contributed by atoms with van der Waals surface area (Å²) in [4.78, 5) is 33.2. The molecule has 3 amide bonds. The Balaban J connectivity index is 2.09. The standard InChI is InChI=1S/C13H22N2O4/c1-9(10-5-4-6-10)14-13(19)15-11(16)7-2-3-8-12(17)18/h9-10H,2-8H2,1H3,(H,17,18)(H2,14,15,16,19). The third kappa shape index (κ3) is 6.22. The molecule has 0 radical (unpaired) electrons. The molecule has 1 atom stereocenters. The maximum atomic E-state index is 11.5. The molecule has 0 heterocycles. The van der Waals surface area contributed by atoms with E-state index in [1.165, 1.54) is 6.42 Å². The van der Waals surface area contributed by atoms with Gasteiger partial charge in [-0.1, -0.05) is 6.42 Å². The van der Waals surface area contributed by atoms with Crippen LogP contribution in [0.2, 0.25) is 0 Å². The molecule has 0 aliphatic heterocycles. The summed E-state index contributed by atoms with van der Waals surface area (Å²) in [6.07, 6.45) is 4.62. The van der Waals surface area contributed by atoms with E-state index < -0.39 is 12.0 Å². The Kier molecular flexibility index (Phi) is 6.32. The van der Waals surface area contributed by atoms with Crippen molar-refractivity contribution < 1.29 is 19.5 Å². The quantitative estimate of drug-likeness (QED) is 0.613. The van der Waals surface area contributed by atoms with E-state index >= 15 is 0 Å². The number of carboxylic acid groups (broad SMARTS) is 1. The Hall–Kier alpha value is -1.59. The summed E-state index contributed by atoms with van der Waals surface area (Å²) < 4.78 is 0. The van der Waals surface area contributed by atoms with Crippen LogP contribution in [-0.2, 0) is 9.59 Å². The lowest BCUT2D eigenvalue weighted by molar-refractivity contribution is -0.137. The molecule has 1 aliphatic carbocycles. The Morgan fingerprint density at radius 3 is 2.37 bits per heavy atom. The van der Waals surface area contributed by atoms with Gasteiger partial charge < -0.3 is 10.4 Å². The molecular formula is C13H22N2O4. The molecule has 1 aliphatic rings. The molecule has 0 aromatic heterocycles. The van der Waals surface area contributed by atoms with E-state index in [0.29, 0.717) is 18.8 Å². The van der Waals surface area contributed by atoms with Gasteiger partial charge in [-0.15, -0.1) is 0 Å². The van der Waals surface area contributed by atoms with Gasteiger partial charge in [0.05, 0.1) is 0 Å². The maximum absolute atomic E-state index is 11.5. The number of hydrogen-bond acceptors (Lipinski definition) is 3. The normalized spacial score (nSPS) is 16.3. The fourth-order valence-electron chi connectivity index (χ4n) is 2.05. The van der Waals surface area contributed by atoms with Crippen LogP contribution in [0.5, 0.6) is 0 Å². The smallest absolute Gasteiger partial charge is 0.321 e. The van der Waals surface area contributed by atoms with E-state index in [1.807, 2.05) is 6.92 Å². The van der Waals surface area contributed by atoms with E-state index in [4.69, 9.17) is 5.11 Å². The van der Waals surface area contributed by atoms with Gasteiger partial charge in [-0.2, -0.15) is 0 Å². The van der Waals surface area contributed by atoms with Crippen molar-refractivity contribution in [1.29, 1.82) is 0 Å². The lowest BCUT2D eigenvalue weighted by atomic mass is 9.80. The summed E-state index contributed by atoms with van der Waals surface area (Å²) in [6.45, 7) is 1.95. The number of carbonyl (C=O) groups is 3. The van der Waals surface area contributed by atoms with Gasteiger partial charge in [0, 0.05) is 18.9 Å². The third-order valence-corrected chi connectivity index (χ3v) is 3.51. The molecule has 19 heavy (non-hydrogen) atoms. The third-order valence-electron chi connectivity index (χ3n) is 3.51. The second kappa shape index (κ2) is 7.76. The van der Waals surface area contributed by atoms with Gasteiger partial charge in [-0.25, -0.2) is 4.79 Å². The molecule has 0 bridgehead atoms. The first-order chi connectivity index (χ1) is 8.99. The molecule has 6 nitrogen and oxygen atoms in total. The average molecular weight is 270 g/mol. The Morgan fingerprint density at radius 2 is 1.84 bits per heavy atom. The first-order valence-corrected chi connectivity index (χ1v) is 6.81.